The minimum atomic E-state index is 0.327. The highest BCUT2D eigenvalue weighted by atomic mass is 16.2. The van der Waals surface area contributed by atoms with Crippen LogP contribution in [0.5, 0.6) is 0 Å². The molecule has 0 aromatic carbocycles. The van der Waals surface area contributed by atoms with Gasteiger partial charge in [-0.1, -0.05) is 6.92 Å². The van der Waals surface area contributed by atoms with Gasteiger partial charge < -0.3 is 10.2 Å². The van der Waals surface area contributed by atoms with E-state index in [4.69, 9.17) is 0 Å². The number of piperidine rings is 1. The summed E-state index contributed by atoms with van der Waals surface area (Å²) >= 11 is 0. The molecule has 0 aromatic heterocycles. The van der Waals surface area contributed by atoms with Crippen molar-refractivity contribution in [2.24, 2.45) is 11.3 Å². The third-order valence-electron chi connectivity index (χ3n) is 4.69. The Hall–Kier alpha value is -0.570. The van der Waals surface area contributed by atoms with Crippen LogP contribution in [0.25, 0.3) is 0 Å². The van der Waals surface area contributed by atoms with Gasteiger partial charge in [0.15, 0.2) is 0 Å². The summed E-state index contributed by atoms with van der Waals surface area (Å²) in [7, 11) is 1.96. The summed E-state index contributed by atoms with van der Waals surface area (Å²) in [5.74, 6) is 0.713. The maximum Gasteiger partial charge on any atom is 0.226 e. The zero-order chi connectivity index (χ0) is 11.8. The van der Waals surface area contributed by atoms with Gasteiger partial charge in [0.05, 0.1) is 0 Å². The molecule has 2 aliphatic rings. The molecule has 1 aliphatic heterocycles. The topological polar surface area (TPSA) is 32.3 Å². The van der Waals surface area contributed by atoms with Gasteiger partial charge in [-0.2, -0.15) is 0 Å². The maximum absolute atomic E-state index is 12.3. The van der Waals surface area contributed by atoms with E-state index in [-0.39, 0.29) is 0 Å². The number of carbonyl (C=O) groups is 1. The predicted molar refractivity (Wildman–Crippen MR) is 65.2 cm³/mol. The molecule has 1 aliphatic carbocycles. The molecule has 3 heteroatoms. The lowest BCUT2D eigenvalue weighted by Gasteiger charge is -2.27. The Balaban J connectivity index is 1.92. The van der Waals surface area contributed by atoms with Gasteiger partial charge in [-0.05, 0) is 51.1 Å². The van der Waals surface area contributed by atoms with E-state index >= 15 is 0 Å². The standard InChI is InChI=1S/C13H24N2O/c1-4-10(2)15(3)12(16)11-9-13(11)5-7-14-8-6-13/h10-11,14H,4-9H2,1-3H3. The molecule has 2 rings (SSSR count). The van der Waals surface area contributed by atoms with Gasteiger partial charge in [-0.15, -0.1) is 0 Å². The Morgan fingerprint density at radius 2 is 2.12 bits per heavy atom. The Bertz CT molecular complexity index is 271. The molecular formula is C13H24N2O. The van der Waals surface area contributed by atoms with E-state index in [2.05, 4.69) is 19.2 Å². The second-order valence-corrected chi connectivity index (χ2v) is 5.58. The highest BCUT2D eigenvalue weighted by molar-refractivity contribution is 5.82. The Morgan fingerprint density at radius 1 is 1.50 bits per heavy atom. The Morgan fingerprint density at radius 3 is 2.69 bits per heavy atom. The average molecular weight is 224 g/mol. The number of nitrogens with one attached hydrogen (secondary N) is 1. The van der Waals surface area contributed by atoms with Crippen molar-refractivity contribution in [2.75, 3.05) is 20.1 Å². The quantitative estimate of drug-likeness (QED) is 0.790. The van der Waals surface area contributed by atoms with Gasteiger partial charge in [-0.25, -0.2) is 0 Å². The SMILES string of the molecule is CCC(C)N(C)C(=O)C1CC12CCNCC2. The number of carbonyl (C=O) groups excluding carboxylic acids is 1. The lowest BCUT2D eigenvalue weighted by atomic mass is 9.91. The van der Waals surface area contributed by atoms with E-state index in [1.807, 2.05) is 11.9 Å². The molecule has 0 radical (unpaired) electrons. The predicted octanol–water partition coefficient (Wildman–Crippen LogP) is 1.63. The van der Waals surface area contributed by atoms with Crippen LogP contribution >= 0.6 is 0 Å². The molecule has 2 atom stereocenters. The zero-order valence-corrected chi connectivity index (χ0v) is 10.8. The monoisotopic (exact) mass is 224 g/mol. The summed E-state index contributed by atoms with van der Waals surface area (Å²) in [6, 6.07) is 0.381. The van der Waals surface area contributed by atoms with E-state index in [9.17, 15) is 4.79 Å². The fraction of sp³-hybridized carbons (Fsp3) is 0.923. The maximum atomic E-state index is 12.3. The summed E-state index contributed by atoms with van der Waals surface area (Å²) < 4.78 is 0. The largest absolute Gasteiger partial charge is 0.343 e. The van der Waals surface area contributed by atoms with Gasteiger partial charge in [0.1, 0.15) is 0 Å². The normalized spacial score (nSPS) is 28.8. The summed E-state index contributed by atoms with van der Waals surface area (Å²) in [4.78, 5) is 14.2. The highest BCUT2D eigenvalue weighted by Crippen LogP contribution is 2.59. The van der Waals surface area contributed by atoms with Crippen molar-refractivity contribution in [3.8, 4) is 0 Å². The fourth-order valence-electron chi connectivity index (χ4n) is 2.91. The minimum absolute atomic E-state index is 0.327. The van der Waals surface area contributed by atoms with Crippen LogP contribution in [0.1, 0.15) is 39.5 Å². The fourth-order valence-corrected chi connectivity index (χ4v) is 2.91. The minimum Gasteiger partial charge on any atom is -0.343 e. The van der Waals surface area contributed by atoms with Gasteiger partial charge in [0.2, 0.25) is 5.91 Å². The molecule has 0 aromatic rings. The summed E-state index contributed by atoms with van der Waals surface area (Å²) in [5, 5.41) is 3.38. The van der Waals surface area contributed by atoms with Crippen LogP contribution in [0.2, 0.25) is 0 Å². The van der Waals surface area contributed by atoms with Crippen LogP contribution < -0.4 is 5.32 Å². The lowest BCUT2D eigenvalue weighted by Crippen LogP contribution is -2.38. The van der Waals surface area contributed by atoms with Crippen molar-refractivity contribution in [2.45, 2.75) is 45.6 Å². The van der Waals surface area contributed by atoms with Gasteiger partial charge >= 0.3 is 0 Å². The van der Waals surface area contributed by atoms with Gasteiger partial charge in [-0.3, -0.25) is 4.79 Å². The van der Waals surface area contributed by atoms with Crippen molar-refractivity contribution in [3.05, 3.63) is 0 Å². The first-order valence-electron chi connectivity index (χ1n) is 6.58. The van der Waals surface area contributed by atoms with Gasteiger partial charge in [0, 0.05) is 19.0 Å². The number of hydrogen-bond acceptors (Lipinski definition) is 2. The van der Waals surface area contributed by atoms with Crippen molar-refractivity contribution >= 4 is 5.91 Å². The molecule has 2 unspecified atom stereocenters. The van der Waals surface area contributed by atoms with Crippen molar-refractivity contribution in [3.63, 3.8) is 0 Å². The van der Waals surface area contributed by atoms with E-state index < -0.39 is 0 Å². The first-order valence-corrected chi connectivity index (χ1v) is 6.58. The van der Waals surface area contributed by atoms with E-state index in [0.717, 1.165) is 25.9 Å². The van der Waals surface area contributed by atoms with Gasteiger partial charge in [0.25, 0.3) is 0 Å². The second kappa shape index (κ2) is 4.36. The molecular weight excluding hydrogens is 200 g/mol. The number of hydrogen-bond donors (Lipinski definition) is 1. The van der Waals surface area contributed by atoms with E-state index in [0.29, 0.717) is 23.3 Å². The van der Waals surface area contributed by atoms with Crippen molar-refractivity contribution in [1.82, 2.24) is 10.2 Å². The molecule has 0 bridgehead atoms. The van der Waals surface area contributed by atoms with E-state index in [1.165, 1.54) is 12.8 Å². The third kappa shape index (κ3) is 1.97. The van der Waals surface area contributed by atoms with E-state index in [1.54, 1.807) is 0 Å². The molecule has 3 nitrogen and oxygen atoms in total. The highest BCUT2D eigenvalue weighted by Gasteiger charge is 2.58. The molecule has 1 saturated heterocycles. The van der Waals surface area contributed by atoms with Crippen LogP contribution in [0.15, 0.2) is 0 Å². The number of nitrogens with zero attached hydrogens (tertiary/aromatic N) is 1. The molecule has 1 N–H and O–H groups in total. The molecule has 1 amide bonds. The molecule has 1 spiro atoms. The smallest absolute Gasteiger partial charge is 0.226 e. The first kappa shape index (κ1) is 11.9. The third-order valence-corrected chi connectivity index (χ3v) is 4.69. The number of rotatable bonds is 3. The molecule has 92 valence electrons. The average Bonchev–Trinajstić information content (AvgIpc) is 3.00. The van der Waals surface area contributed by atoms with Crippen LogP contribution in [0, 0.1) is 11.3 Å². The summed E-state index contributed by atoms with van der Waals surface area (Å²) in [6.07, 6.45) is 4.56. The van der Waals surface area contributed by atoms with Crippen LogP contribution in [0.3, 0.4) is 0 Å². The Kier molecular flexibility index (Phi) is 3.24. The molecule has 1 heterocycles. The number of amides is 1. The zero-order valence-electron chi connectivity index (χ0n) is 10.8. The van der Waals surface area contributed by atoms with Crippen molar-refractivity contribution in [1.29, 1.82) is 0 Å². The molecule has 16 heavy (non-hydrogen) atoms. The van der Waals surface area contributed by atoms with Crippen molar-refractivity contribution < 1.29 is 4.79 Å². The summed E-state index contributed by atoms with van der Waals surface area (Å²) in [5.41, 5.74) is 0.379. The lowest BCUT2D eigenvalue weighted by molar-refractivity contribution is -0.134. The van der Waals surface area contributed by atoms with Crippen LogP contribution in [-0.4, -0.2) is 37.0 Å². The molecule has 2 fully saturated rings. The summed E-state index contributed by atoms with van der Waals surface area (Å²) in [6.45, 7) is 6.46. The second-order valence-electron chi connectivity index (χ2n) is 5.58. The Labute approximate surface area is 98.6 Å². The van der Waals surface area contributed by atoms with Crippen LogP contribution in [0.4, 0.5) is 0 Å². The first-order chi connectivity index (χ1) is 7.60. The van der Waals surface area contributed by atoms with Crippen LogP contribution in [-0.2, 0) is 4.79 Å². The molecule has 1 saturated carbocycles.